The normalized spacial score (nSPS) is 17.3. The highest BCUT2D eigenvalue weighted by Crippen LogP contribution is 2.49. The van der Waals surface area contributed by atoms with Crippen molar-refractivity contribution in [2.75, 3.05) is 0 Å². The van der Waals surface area contributed by atoms with Crippen molar-refractivity contribution in [1.29, 1.82) is 0 Å². The first-order valence-electron chi connectivity index (χ1n) is 4.74. The van der Waals surface area contributed by atoms with E-state index in [1.165, 1.54) is 0 Å². The minimum absolute atomic E-state index is 0.325. The molecule has 0 saturated heterocycles. The van der Waals surface area contributed by atoms with Crippen LogP contribution in [0.25, 0.3) is 11.0 Å². The molecule has 1 aromatic carbocycles. The standard InChI is InChI=1S/C10H8N4O/c15-6-11-10(3-4-10)7-1-2-8-9(5-7)13-14-12-8/h1-2,5H,3-4H2,(H,12,13,14). The molecular weight excluding hydrogens is 192 g/mol. The van der Waals surface area contributed by atoms with Crippen molar-refractivity contribution >= 4 is 17.1 Å². The molecule has 1 saturated carbocycles. The molecule has 1 aliphatic carbocycles. The monoisotopic (exact) mass is 200 g/mol. The largest absolute Gasteiger partial charge is 0.235 e. The molecule has 1 aromatic heterocycles. The smallest absolute Gasteiger partial charge is 0.211 e. The molecule has 1 heterocycles. The second-order valence-electron chi connectivity index (χ2n) is 3.76. The van der Waals surface area contributed by atoms with Gasteiger partial charge in [0.1, 0.15) is 11.0 Å². The van der Waals surface area contributed by atoms with Gasteiger partial charge in [0.05, 0.1) is 5.54 Å². The van der Waals surface area contributed by atoms with Crippen molar-refractivity contribution in [3.63, 3.8) is 0 Å². The minimum atomic E-state index is -0.325. The summed E-state index contributed by atoms with van der Waals surface area (Å²) < 4.78 is 0. The third kappa shape index (κ3) is 1.17. The lowest BCUT2D eigenvalue weighted by Crippen LogP contribution is -2.01. The number of nitrogens with one attached hydrogen (secondary N) is 1. The maximum atomic E-state index is 10.3. The van der Waals surface area contributed by atoms with E-state index in [1.807, 2.05) is 18.2 Å². The van der Waals surface area contributed by atoms with Gasteiger partial charge in [0.25, 0.3) is 0 Å². The topological polar surface area (TPSA) is 71.0 Å². The summed E-state index contributed by atoms with van der Waals surface area (Å²) in [5.74, 6) is 0. The van der Waals surface area contributed by atoms with Crippen LogP contribution in [0.3, 0.4) is 0 Å². The van der Waals surface area contributed by atoms with Gasteiger partial charge in [-0.1, -0.05) is 6.07 Å². The minimum Gasteiger partial charge on any atom is -0.211 e. The zero-order valence-electron chi connectivity index (χ0n) is 7.90. The van der Waals surface area contributed by atoms with Crippen molar-refractivity contribution in [3.8, 4) is 0 Å². The Balaban J connectivity index is 2.15. The fourth-order valence-corrected chi connectivity index (χ4v) is 1.80. The molecule has 0 unspecified atom stereocenters. The lowest BCUT2D eigenvalue weighted by Gasteiger charge is -2.06. The number of rotatable bonds is 2. The van der Waals surface area contributed by atoms with E-state index in [-0.39, 0.29) is 5.54 Å². The number of aromatic amines is 1. The van der Waals surface area contributed by atoms with Crippen LogP contribution in [0.5, 0.6) is 0 Å². The summed E-state index contributed by atoms with van der Waals surface area (Å²) in [6.45, 7) is 0. The molecule has 0 amide bonds. The molecule has 1 aliphatic rings. The van der Waals surface area contributed by atoms with E-state index in [4.69, 9.17) is 0 Å². The van der Waals surface area contributed by atoms with Crippen molar-refractivity contribution in [2.24, 2.45) is 4.99 Å². The van der Waals surface area contributed by atoms with Crippen LogP contribution in [0, 0.1) is 0 Å². The van der Waals surface area contributed by atoms with Gasteiger partial charge in [-0.05, 0) is 30.5 Å². The number of benzene rings is 1. The predicted octanol–water partition coefficient (Wildman–Crippen LogP) is 1.28. The van der Waals surface area contributed by atoms with E-state index in [0.717, 1.165) is 29.4 Å². The predicted molar refractivity (Wildman–Crippen MR) is 52.9 cm³/mol. The van der Waals surface area contributed by atoms with E-state index in [2.05, 4.69) is 20.4 Å². The van der Waals surface area contributed by atoms with E-state index >= 15 is 0 Å². The van der Waals surface area contributed by atoms with E-state index in [0.29, 0.717) is 0 Å². The molecule has 15 heavy (non-hydrogen) atoms. The molecule has 0 spiro atoms. The Labute approximate surface area is 85.2 Å². The Kier molecular flexibility index (Phi) is 1.52. The molecule has 1 fully saturated rings. The van der Waals surface area contributed by atoms with Crippen molar-refractivity contribution in [2.45, 2.75) is 18.4 Å². The van der Waals surface area contributed by atoms with Crippen LogP contribution < -0.4 is 0 Å². The first kappa shape index (κ1) is 8.32. The van der Waals surface area contributed by atoms with Gasteiger partial charge < -0.3 is 0 Å². The van der Waals surface area contributed by atoms with Crippen LogP contribution >= 0.6 is 0 Å². The lowest BCUT2D eigenvalue weighted by atomic mass is 10.1. The highest BCUT2D eigenvalue weighted by atomic mass is 16.1. The van der Waals surface area contributed by atoms with Crippen LogP contribution in [-0.2, 0) is 10.3 Å². The first-order chi connectivity index (χ1) is 7.34. The molecule has 74 valence electrons. The molecule has 0 aliphatic heterocycles. The number of nitrogens with zero attached hydrogens (tertiary/aromatic N) is 3. The second-order valence-corrected chi connectivity index (χ2v) is 3.76. The maximum Gasteiger partial charge on any atom is 0.235 e. The Morgan fingerprint density at radius 3 is 2.87 bits per heavy atom. The number of hydrogen-bond acceptors (Lipinski definition) is 4. The van der Waals surface area contributed by atoms with E-state index in [1.54, 1.807) is 6.08 Å². The summed E-state index contributed by atoms with van der Waals surface area (Å²) in [6.07, 6.45) is 3.46. The van der Waals surface area contributed by atoms with Crippen LogP contribution in [0.15, 0.2) is 23.2 Å². The average Bonchev–Trinajstić information content (AvgIpc) is 2.89. The first-order valence-corrected chi connectivity index (χ1v) is 4.74. The number of aromatic nitrogens is 3. The summed E-state index contributed by atoms with van der Waals surface area (Å²) >= 11 is 0. The van der Waals surface area contributed by atoms with Crippen LogP contribution in [0.2, 0.25) is 0 Å². The fourth-order valence-electron chi connectivity index (χ4n) is 1.80. The van der Waals surface area contributed by atoms with E-state index < -0.39 is 0 Å². The summed E-state index contributed by atoms with van der Waals surface area (Å²) in [5, 5.41) is 10.5. The van der Waals surface area contributed by atoms with Crippen LogP contribution in [0.1, 0.15) is 18.4 Å². The number of aliphatic imine (C=N–C) groups is 1. The van der Waals surface area contributed by atoms with Gasteiger partial charge in [0.2, 0.25) is 6.08 Å². The van der Waals surface area contributed by atoms with Gasteiger partial charge >= 0.3 is 0 Å². The third-order valence-corrected chi connectivity index (χ3v) is 2.84. The quantitative estimate of drug-likeness (QED) is 0.586. The average molecular weight is 200 g/mol. The number of isocyanates is 1. The van der Waals surface area contributed by atoms with Gasteiger partial charge in [-0.15, -0.1) is 0 Å². The van der Waals surface area contributed by atoms with Crippen molar-refractivity contribution in [1.82, 2.24) is 15.4 Å². The Morgan fingerprint density at radius 2 is 2.13 bits per heavy atom. The number of hydrogen-bond donors (Lipinski definition) is 1. The highest BCUT2D eigenvalue weighted by molar-refractivity contribution is 5.74. The molecule has 0 atom stereocenters. The van der Waals surface area contributed by atoms with Gasteiger partial charge in [-0.3, -0.25) is 0 Å². The summed E-state index contributed by atoms with van der Waals surface area (Å²) in [6, 6.07) is 5.75. The maximum absolute atomic E-state index is 10.3. The van der Waals surface area contributed by atoms with Crippen molar-refractivity contribution in [3.05, 3.63) is 23.8 Å². The molecule has 5 heteroatoms. The van der Waals surface area contributed by atoms with Crippen molar-refractivity contribution < 1.29 is 4.79 Å². The van der Waals surface area contributed by atoms with Crippen LogP contribution in [-0.4, -0.2) is 21.5 Å². The molecule has 0 bridgehead atoms. The third-order valence-electron chi connectivity index (χ3n) is 2.84. The Morgan fingerprint density at radius 1 is 1.33 bits per heavy atom. The molecule has 2 aromatic rings. The fraction of sp³-hybridized carbons (Fsp3) is 0.300. The lowest BCUT2D eigenvalue weighted by molar-refractivity contribution is 0.556. The van der Waals surface area contributed by atoms with Crippen LogP contribution in [0.4, 0.5) is 0 Å². The number of H-pyrrole nitrogens is 1. The summed E-state index contributed by atoms with van der Waals surface area (Å²) in [4.78, 5) is 14.2. The summed E-state index contributed by atoms with van der Waals surface area (Å²) in [7, 11) is 0. The molecular formula is C10H8N4O. The zero-order chi connectivity index (χ0) is 10.3. The van der Waals surface area contributed by atoms with Gasteiger partial charge in [0, 0.05) is 0 Å². The second kappa shape index (κ2) is 2.74. The molecule has 5 nitrogen and oxygen atoms in total. The molecule has 3 rings (SSSR count). The van der Waals surface area contributed by atoms with Gasteiger partial charge in [0.15, 0.2) is 0 Å². The highest BCUT2D eigenvalue weighted by Gasteiger charge is 2.44. The Hall–Kier alpha value is -2.00. The number of carbonyl (C=O) groups excluding carboxylic acids is 1. The SMILES string of the molecule is O=C=NC1(c2ccc3n[nH]nc3c2)CC1. The van der Waals surface area contributed by atoms with Gasteiger partial charge in [-0.2, -0.15) is 20.4 Å². The zero-order valence-corrected chi connectivity index (χ0v) is 7.90. The summed E-state index contributed by atoms with van der Waals surface area (Å²) in [5.41, 5.74) is 2.33. The molecule has 1 N–H and O–H groups in total. The Bertz CT molecular complexity index is 564. The molecule has 0 radical (unpaired) electrons. The number of fused-ring (bicyclic) bond motifs is 1. The van der Waals surface area contributed by atoms with E-state index in [9.17, 15) is 4.79 Å². The van der Waals surface area contributed by atoms with Gasteiger partial charge in [-0.25, -0.2) is 4.79 Å².